The molecule has 1 aromatic carbocycles. The highest BCUT2D eigenvalue weighted by atomic mass is 35.5. The quantitative estimate of drug-likeness (QED) is 0.826. The lowest BCUT2D eigenvalue weighted by molar-refractivity contribution is -0.118. The molecule has 0 aliphatic heterocycles. The lowest BCUT2D eigenvalue weighted by Gasteiger charge is -2.02. The van der Waals surface area contributed by atoms with Crippen LogP contribution >= 0.6 is 11.6 Å². The van der Waals surface area contributed by atoms with Crippen molar-refractivity contribution in [1.82, 2.24) is 15.8 Å². The van der Waals surface area contributed by atoms with E-state index in [1.165, 1.54) is 6.92 Å². The molecule has 2 amide bonds. The van der Waals surface area contributed by atoms with Gasteiger partial charge in [-0.25, -0.2) is 0 Å². The van der Waals surface area contributed by atoms with Gasteiger partial charge >= 0.3 is 0 Å². The second-order valence-corrected chi connectivity index (χ2v) is 4.76. The average Bonchev–Trinajstić information content (AvgIpc) is 2.94. The highest BCUT2D eigenvalue weighted by Crippen LogP contribution is 2.22. The molecule has 0 saturated heterocycles. The van der Waals surface area contributed by atoms with E-state index in [4.69, 9.17) is 16.1 Å². The predicted octanol–water partition coefficient (Wildman–Crippen LogP) is 1.86. The smallest absolute Gasteiger partial charge is 0.273 e. The first-order chi connectivity index (χ1) is 10.1. The van der Waals surface area contributed by atoms with Gasteiger partial charge in [0, 0.05) is 36.7 Å². The summed E-state index contributed by atoms with van der Waals surface area (Å²) in [7, 11) is 0. The van der Waals surface area contributed by atoms with Gasteiger partial charge in [-0.3, -0.25) is 9.59 Å². The molecule has 0 aliphatic carbocycles. The van der Waals surface area contributed by atoms with Gasteiger partial charge in [0.25, 0.3) is 5.91 Å². The fourth-order valence-electron chi connectivity index (χ4n) is 1.64. The van der Waals surface area contributed by atoms with Crippen LogP contribution in [-0.2, 0) is 4.79 Å². The molecule has 0 radical (unpaired) electrons. The molecule has 7 heteroatoms. The van der Waals surface area contributed by atoms with Gasteiger partial charge in [-0.1, -0.05) is 16.8 Å². The zero-order valence-electron chi connectivity index (χ0n) is 11.4. The van der Waals surface area contributed by atoms with Crippen LogP contribution in [0.2, 0.25) is 5.02 Å². The number of carbonyl (C=O) groups excluding carboxylic acids is 2. The maximum atomic E-state index is 11.8. The van der Waals surface area contributed by atoms with Crippen LogP contribution in [0.5, 0.6) is 0 Å². The summed E-state index contributed by atoms with van der Waals surface area (Å²) in [5.74, 6) is -0.0151. The second-order valence-electron chi connectivity index (χ2n) is 4.32. The first kappa shape index (κ1) is 15.1. The Bertz CT molecular complexity index is 637. The zero-order valence-corrected chi connectivity index (χ0v) is 12.1. The Balaban J connectivity index is 1.94. The summed E-state index contributed by atoms with van der Waals surface area (Å²) in [6, 6.07) is 8.57. The van der Waals surface area contributed by atoms with Crippen LogP contribution in [0.3, 0.4) is 0 Å². The molecule has 110 valence electrons. The Labute approximate surface area is 126 Å². The number of hydrogen-bond donors (Lipinski definition) is 2. The summed E-state index contributed by atoms with van der Waals surface area (Å²) >= 11 is 5.81. The zero-order chi connectivity index (χ0) is 15.2. The lowest BCUT2D eigenvalue weighted by Crippen LogP contribution is -2.33. The van der Waals surface area contributed by atoms with Crippen LogP contribution in [0.4, 0.5) is 0 Å². The van der Waals surface area contributed by atoms with E-state index < -0.39 is 0 Å². The molecule has 0 saturated carbocycles. The van der Waals surface area contributed by atoms with E-state index in [1.54, 1.807) is 30.3 Å². The number of aromatic nitrogens is 1. The Kier molecular flexibility index (Phi) is 4.94. The van der Waals surface area contributed by atoms with Crippen molar-refractivity contribution in [1.29, 1.82) is 0 Å². The fraction of sp³-hybridized carbons (Fsp3) is 0.214. The Morgan fingerprint density at radius 2 is 1.86 bits per heavy atom. The van der Waals surface area contributed by atoms with Crippen molar-refractivity contribution in [2.75, 3.05) is 13.1 Å². The Morgan fingerprint density at radius 1 is 1.19 bits per heavy atom. The number of nitrogens with one attached hydrogen (secondary N) is 2. The molecule has 6 nitrogen and oxygen atoms in total. The van der Waals surface area contributed by atoms with Crippen molar-refractivity contribution in [3.05, 3.63) is 41.0 Å². The minimum atomic E-state index is -0.357. The van der Waals surface area contributed by atoms with Crippen molar-refractivity contribution in [3.63, 3.8) is 0 Å². The predicted molar refractivity (Wildman–Crippen MR) is 78.0 cm³/mol. The molecular weight excluding hydrogens is 294 g/mol. The summed E-state index contributed by atoms with van der Waals surface area (Å²) in [6.45, 7) is 2.10. The first-order valence-electron chi connectivity index (χ1n) is 6.31. The monoisotopic (exact) mass is 307 g/mol. The van der Waals surface area contributed by atoms with E-state index in [-0.39, 0.29) is 17.5 Å². The highest BCUT2D eigenvalue weighted by molar-refractivity contribution is 6.30. The molecule has 2 aromatic rings. The number of hydrogen-bond acceptors (Lipinski definition) is 4. The van der Waals surface area contributed by atoms with Gasteiger partial charge in [0.15, 0.2) is 11.5 Å². The molecule has 0 fully saturated rings. The van der Waals surface area contributed by atoms with Gasteiger partial charge in [0.2, 0.25) is 5.91 Å². The number of amides is 2. The van der Waals surface area contributed by atoms with Crippen molar-refractivity contribution in [2.45, 2.75) is 6.92 Å². The maximum Gasteiger partial charge on any atom is 0.273 e. The van der Waals surface area contributed by atoms with E-state index in [0.29, 0.717) is 23.9 Å². The Hall–Kier alpha value is -2.34. The molecule has 2 rings (SSSR count). The number of carbonyl (C=O) groups is 2. The third-order valence-corrected chi connectivity index (χ3v) is 2.91. The minimum absolute atomic E-state index is 0.143. The van der Waals surface area contributed by atoms with E-state index in [0.717, 1.165) is 5.56 Å². The van der Waals surface area contributed by atoms with Gasteiger partial charge in [0.1, 0.15) is 0 Å². The van der Waals surface area contributed by atoms with Crippen molar-refractivity contribution >= 4 is 23.4 Å². The van der Waals surface area contributed by atoms with Gasteiger partial charge < -0.3 is 15.2 Å². The first-order valence-corrected chi connectivity index (χ1v) is 6.69. The summed E-state index contributed by atoms with van der Waals surface area (Å²) in [6.07, 6.45) is 0. The molecule has 1 heterocycles. The topological polar surface area (TPSA) is 84.2 Å². The largest absolute Gasteiger partial charge is 0.355 e. The second kappa shape index (κ2) is 6.90. The van der Waals surface area contributed by atoms with Crippen LogP contribution in [0, 0.1) is 0 Å². The van der Waals surface area contributed by atoms with E-state index >= 15 is 0 Å². The summed E-state index contributed by atoms with van der Waals surface area (Å²) < 4.78 is 5.13. The minimum Gasteiger partial charge on any atom is -0.355 e. The van der Waals surface area contributed by atoms with Gasteiger partial charge in [-0.15, -0.1) is 0 Å². The molecule has 0 aliphatic rings. The fourth-order valence-corrected chi connectivity index (χ4v) is 1.76. The number of rotatable bonds is 5. The molecule has 1 aromatic heterocycles. The normalized spacial score (nSPS) is 10.2. The van der Waals surface area contributed by atoms with Crippen LogP contribution < -0.4 is 10.6 Å². The summed E-state index contributed by atoms with van der Waals surface area (Å²) in [4.78, 5) is 22.5. The van der Waals surface area contributed by atoms with E-state index in [2.05, 4.69) is 15.8 Å². The highest BCUT2D eigenvalue weighted by Gasteiger charge is 2.13. The molecule has 0 unspecified atom stereocenters. The number of benzene rings is 1. The third-order valence-electron chi connectivity index (χ3n) is 2.66. The molecule has 0 atom stereocenters. The molecular formula is C14H14ClN3O3. The number of nitrogens with zero attached hydrogens (tertiary/aromatic N) is 1. The average molecular weight is 308 g/mol. The van der Waals surface area contributed by atoms with Gasteiger partial charge in [0.05, 0.1) is 0 Å². The number of halogens is 1. The van der Waals surface area contributed by atoms with Crippen molar-refractivity contribution < 1.29 is 14.1 Å². The van der Waals surface area contributed by atoms with Crippen LogP contribution in [-0.4, -0.2) is 30.1 Å². The van der Waals surface area contributed by atoms with Crippen LogP contribution in [0.25, 0.3) is 11.3 Å². The third kappa shape index (κ3) is 4.32. The standard InChI is InChI=1S/C14H14ClN3O3/c1-9(19)16-6-7-17-14(20)12-8-13(21-18-12)10-2-4-11(15)5-3-10/h2-5,8H,6-7H2,1H3,(H,16,19)(H,17,20). The molecule has 0 bridgehead atoms. The molecule has 2 N–H and O–H groups in total. The molecule has 0 spiro atoms. The van der Waals surface area contributed by atoms with Crippen LogP contribution in [0.1, 0.15) is 17.4 Å². The van der Waals surface area contributed by atoms with E-state index in [1.807, 2.05) is 0 Å². The lowest BCUT2D eigenvalue weighted by atomic mass is 10.1. The van der Waals surface area contributed by atoms with E-state index in [9.17, 15) is 9.59 Å². The van der Waals surface area contributed by atoms with Crippen LogP contribution in [0.15, 0.2) is 34.9 Å². The van der Waals surface area contributed by atoms with Crippen molar-refractivity contribution in [2.24, 2.45) is 0 Å². The van der Waals surface area contributed by atoms with Gasteiger partial charge in [-0.2, -0.15) is 0 Å². The maximum absolute atomic E-state index is 11.8. The summed E-state index contributed by atoms with van der Waals surface area (Å²) in [5.41, 5.74) is 0.965. The van der Waals surface area contributed by atoms with Gasteiger partial charge in [-0.05, 0) is 24.3 Å². The molecule has 21 heavy (non-hydrogen) atoms. The summed E-state index contributed by atoms with van der Waals surface area (Å²) in [5, 5.41) is 9.55. The Morgan fingerprint density at radius 3 is 2.52 bits per heavy atom. The SMILES string of the molecule is CC(=O)NCCNC(=O)c1cc(-c2ccc(Cl)cc2)on1. The van der Waals surface area contributed by atoms with Crippen molar-refractivity contribution in [3.8, 4) is 11.3 Å².